The fraction of sp³-hybridized carbons (Fsp3) is 0.522. The first-order chi connectivity index (χ1) is 17.0. The zero-order chi connectivity index (χ0) is 26.2. The van der Waals surface area contributed by atoms with Gasteiger partial charge in [-0.1, -0.05) is 34.1 Å². The molecule has 0 radical (unpaired) electrons. The molecular weight excluding hydrogens is 555 g/mol. The molecule has 1 aromatic carbocycles. The zero-order valence-electron chi connectivity index (χ0n) is 19.3. The van der Waals surface area contributed by atoms with Crippen LogP contribution in [-0.2, 0) is 14.3 Å². The molecule has 2 aromatic rings. The van der Waals surface area contributed by atoms with Crippen molar-refractivity contribution in [2.75, 3.05) is 18.5 Å². The zero-order valence-corrected chi connectivity index (χ0v) is 20.9. The molecule has 1 aliphatic carbocycles. The maximum Gasteiger partial charge on any atom is 0.266 e. The number of nitrogens with one attached hydrogen (secondary N) is 2. The molecule has 1 saturated heterocycles. The molecular formula is C23H24BrF5N4O3. The molecule has 13 heteroatoms. The lowest BCUT2D eigenvalue weighted by molar-refractivity contribution is -0.123. The van der Waals surface area contributed by atoms with E-state index < -0.39 is 52.8 Å². The summed E-state index contributed by atoms with van der Waals surface area (Å²) in [6.07, 6.45) is -6.38. The summed E-state index contributed by atoms with van der Waals surface area (Å²) in [6, 6.07) is 2.88. The number of nitrogens with zero attached hydrogens (tertiary/aromatic N) is 2. The predicted octanol–water partition coefficient (Wildman–Crippen LogP) is 5.43. The van der Waals surface area contributed by atoms with Gasteiger partial charge in [0.15, 0.2) is 6.29 Å². The van der Waals surface area contributed by atoms with Gasteiger partial charge in [-0.3, -0.25) is 4.79 Å². The molecule has 1 amide bonds. The first-order valence-corrected chi connectivity index (χ1v) is 12.1. The standard InChI is InChI=1S/C23H24BrF5N4O3/c1-10(12-4-3-5-13(16(12)25)18(26)27)30-19-14(21-35-8-9-36-21)17(31-11(2)32-19)15(24)20(34)33-23(6-7-23)22(28)29/h3-5,10,15,18,21-22H,6-9H2,1-2H3,(H,33,34)(H,30,31,32)/t10-,15?/m1/s1. The number of alkyl halides is 5. The molecule has 36 heavy (non-hydrogen) atoms. The molecule has 1 aliphatic heterocycles. The van der Waals surface area contributed by atoms with Crippen LogP contribution >= 0.6 is 15.9 Å². The van der Waals surface area contributed by atoms with E-state index >= 15 is 0 Å². The Bertz CT molecular complexity index is 1130. The highest BCUT2D eigenvalue weighted by atomic mass is 79.9. The minimum atomic E-state index is -2.99. The van der Waals surface area contributed by atoms with Gasteiger partial charge in [-0.25, -0.2) is 31.9 Å². The van der Waals surface area contributed by atoms with Gasteiger partial charge in [0.05, 0.1) is 36.1 Å². The fourth-order valence-electron chi connectivity index (χ4n) is 3.98. The van der Waals surface area contributed by atoms with Crippen LogP contribution in [0.4, 0.5) is 27.8 Å². The third-order valence-electron chi connectivity index (χ3n) is 6.11. The Labute approximate surface area is 212 Å². The van der Waals surface area contributed by atoms with E-state index in [1.807, 2.05) is 0 Å². The summed E-state index contributed by atoms with van der Waals surface area (Å²) < 4.78 is 79.2. The molecule has 2 aliphatic rings. The quantitative estimate of drug-likeness (QED) is 0.305. The van der Waals surface area contributed by atoms with Crippen LogP contribution in [-0.4, -0.2) is 41.1 Å². The molecule has 7 nitrogen and oxygen atoms in total. The smallest absolute Gasteiger partial charge is 0.266 e. The van der Waals surface area contributed by atoms with E-state index in [2.05, 4.69) is 36.5 Å². The highest BCUT2D eigenvalue weighted by Gasteiger charge is 2.53. The number of aromatic nitrogens is 2. The van der Waals surface area contributed by atoms with Gasteiger partial charge >= 0.3 is 0 Å². The van der Waals surface area contributed by atoms with Crippen LogP contribution in [0.15, 0.2) is 18.2 Å². The van der Waals surface area contributed by atoms with Crippen LogP contribution in [0.5, 0.6) is 0 Å². The lowest BCUT2D eigenvalue weighted by Gasteiger charge is -2.25. The number of benzene rings is 1. The average molecular weight is 579 g/mol. The number of hydrogen-bond acceptors (Lipinski definition) is 6. The number of carbonyl (C=O) groups is 1. The largest absolute Gasteiger partial charge is 0.363 e. The normalized spacial score (nSPS) is 18.9. The first-order valence-electron chi connectivity index (χ1n) is 11.2. The summed E-state index contributed by atoms with van der Waals surface area (Å²) >= 11 is 3.27. The second kappa shape index (κ2) is 10.5. The number of rotatable bonds is 9. The molecule has 2 atom stereocenters. The molecule has 2 heterocycles. The molecule has 0 bridgehead atoms. The molecule has 1 unspecified atom stereocenters. The number of amides is 1. The van der Waals surface area contributed by atoms with Crippen molar-refractivity contribution in [3.05, 3.63) is 52.2 Å². The van der Waals surface area contributed by atoms with E-state index in [0.29, 0.717) is 0 Å². The molecule has 0 spiro atoms. The molecule has 1 saturated carbocycles. The molecule has 2 N–H and O–H groups in total. The highest BCUT2D eigenvalue weighted by Crippen LogP contribution is 2.43. The van der Waals surface area contributed by atoms with Gasteiger partial charge < -0.3 is 20.1 Å². The van der Waals surface area contributed by atoms with E-state index in [9.17, 15) is 26.7 Å². The first kappa shape index (κ1) is 26.7. The van der Waals surface area contributed by atoms with Gasteiger partial charge in [0.25, 0.3) is 12.9 Å². The third-order valence-corrected chi connectivity index (χ3v) is 6.96. The Kier molecular flexibility index (Phi) is 7.81. The average Bonchev–Trinajstić information content (AvgIpc) is 3.41. The summed E-state index contributed by atoms with van der Waals surface area (Å²) in [6.45, 7) is 3.59. The molecule has 1 aromatic heterocycles. The van der Waals surface area contributed by atoms with Crippen molar-refractivity contribution in [1.29, 1.82) is 0 Å². The number of anilines is 1. The summed E-state index contributed by atoms with van der Waals surface area (Å²) in [4.78, 5) is 20.5. The van der Waals surface area contributed by atoms with Crippen molar-refractivity contribution in [1.82, 2.24) is 15.3 Å². The topological polar surface area (TPSA) is 85.4 Å². The maximum absolute atomic E-state index is 14.8. The van der Waals surface area contributed by atoms with E-state index in [0.717, 1.165) is 6.07 Å². The van der Waals surface area contributed by atoms with Gasteiger partial charge in [-0.2, -0.15) is 0 Å². The number of halogens is 6. The van der Waals surface area contributed by atoms with Crippen molar-refractivity contribution in [3.63, 3.8) is 0 Å². The van der Waals surface area contributed by atoms with Crippen molar-refractivity contribution in [3.8, 4) is 0 Å². The number of ether oxygens (including phenoxy) is 2. The van der Waals surface area contributed by atoms with E-state index in [1.165, 1.54) is 12.1 Å². The molecule has 2 fully saturated rings. The Morgan fingerprint density at radius 2 is 1.78 bits per heavy atom. The van der Waals surface area contributed by atoms with Crippen LogP contribution in [0.2, 0.25) is 0 Å². The van der Waals surface area contributed by atoms with Crippen LogP contribution in [0.1, 0.15) is 71.6 Å². The van der Waals surface area contributed by atoms with E-state index in [1.54, 1.807) is 13.8 Å². The van der Waals surface area contributed by atoms with Crippen molar-refractivity contribution in [2.45, 2.75) is 62.2 Å². The van der Waals surface area contributed by atoms with E-state index in [4.69, 9.17) is 9.47 Å². The minimum Gasteiger partial charge on any atom is -0.363 e. The van der Waals surface area contributed by atoms with Gasteiger partial charge in [-0.15, -0.1) is 0 Å². The minimum absolute atomic E-state index is 0.0226. The van der Waals surface area contributed by atoms with Crippen molar-refractivity contribution in [2.24, 2.45) is 0 Å². The van der Waals surface area contributed by atoms with Gasteiger partial charge in [0, 0.05) is 5.56 Å². The van der Waals surface area contributed by atoms with Gasteiger partial charge in [0.1, 0.15) is 27.8 Å². The summed E-state index contributed by atoms with van der Waals surface area (Å²) in [7, 11) is 0. The summed E-state index contributed by atoms with van der Waals surface area (Å²) in [5.74, 6) is -1.42. The number of hydrogen-bond donors (Lipinski definition) is 2. The lowest BCUT2D eigenvalue weighted by Crippen LogP contribution is -2.43. The predicted molar refractivity (Wildman–Crippen MR) is 123 cm³/mol. The van der Waals surface area contributed by atoms with Crippen LogP contribution in [0.3, 0.4) is 0 Å². The van der Waals surface area contributed by atoms with Crippen LogP contribution in [0, 0.1) is 12.7 Å². The lowest BCUT2D eigenvalue weighted by atomic mass is 10.0. The third kappa shape index (κ3) is 5.32. The van der Waals surface area contributed by atoms with Crippen molar-refractivity contribution >= 4 is 27.7 Å². The second-order valence-electron chi connectivity index (χ2n) is 8.72. The highest BCUT2D eigenvalue weighted by molar-refractivity contribution is 9.09. The second-order valence-corrected chi connectivity index (χ2v) is 9.63. The monoisotopic (exact) mass is 578 g/mol. The summed E-state index contributed by atoms with van der Waals surface area (Å²) in [5, 5.41) is 5.39. The van der Waals surface area contributed by atoms with Gasteiger partial charge in [-0.05, 0) is 26.7 Å². The molecule has 196 valence electrons. The Morgan fingerprint density at radius 1 is 1.14 bits per heavy atom. The SMILES string of the molecule is Cc1nc(N[C@H](C)c2cccc(C(F)F)c2F)c(C2OCCO2)c(C(Br)C(=O)NC2(C(F)F)CC2)n1. The number of carbonyl (C=O) groups excluding carboxylic acids is 1. The number of aryl methyl sites for hydroxylation is 1. The van der Waals surface area contributed by atoms with Crippen molar-refractivity contribution < 1.29 is 36.2 Å². The maximum atomic E-state index is 14.8. The Hall–Kier alpha value is -2.38. The van der Waals surface area contributed by atoms with E-state index in [-0.39, 0.29) is 54.5 Å². The Balaban J connectivity index is 1.70. The Morgan fingerprint density at radius 3 is 2.36 bits per heavy atom. The van der Waals surface area contributed by atoms with Crippen LogP contribution in [0.25, 0.3) is 0 Å². The van der Waals surface area contributed by atoms with Gasteiger partial charge in [0.2, 0.25) is 5.91 Å². The molecule has 4 rings (SSSR count). The van der Waals surface area contributed by atoms with Crippen LogP contribution < -0.4 is 10.6 Å². The summed E-state index contributed by atoms with van der Waals surface area (Å²) in [5.41, 5.74) is -1.98. The fourth-order valence-corrected chi connectivity index (χ4v) is 4.45.